The van der Waals surface area contributed by atoms with E-state index in [2.05, 4.69) is 3.63 Å². The summed E-state index contributed by atoms with van der Waals surface area (Å²) in [5, 5.41) is -7.66. The smallest absolute Gasteiger partial charge is 0.215 e. The number of hydrogen-bond donors (Lipinski definition) is 0. The molecule has 0 aliphatic carbocycles. The zero-order valence-electron chi connectivity index (χ0n) is 28.2. The molecule has 0 spiro atoms. The van der Waals surface area contributed by atoms with E-state index in [1.54, 1.807) is 0 Å². The van der Waals surface area contributed by atoms with Gasteiger partial charge in [-0.3, -0.25) is 0 Å². The Bertz CT molecular complexity index is 1110. The fourth-order valence-electron chi connectivity index (χ4n) is 4.85. The lowest BCUT2D eigenvalue weighted by atomic mass is 9.91. The molecule has 0 radical (unpaired) electrons. The van der Waals surface area contributed by atoms with Gasteiger partial charge in [-0.1, -0.05) is 97.8 Å². The zero-order valence-corrected chi connectivity index (χ0v) is 29.8. The predicted molar refractivity (Wildman–Crippen MR) is 159 cm³/mol. The SMILES string of the molecule is CCCCCCCS(CCCCCCC)(CCCCCCC)OS(=O)(=O)C(F)(F)C(F)(F)C(F)(F)C(F)(F)C(F)(F)C(F)(F)C(F)(F)C(F)(F)F. The lowest BCUT2D eigenvalue weighted by Crippen LogP contribution is -2.75. The number of rotatable bonds is 27. The minimum absolute atomic E-state index is 0.0275. The molecule has 0 saturated heterocycles. The van der Waals surface area contributed by atoms with Crippen LogP contribution in [0.2, 0.25) is 0 Å². The van der Waals surface area contributed by atoms with Gasteiger partial charge in [0.05, 0.1) is 0 Å². The van der Waals surface area contributed by atoms with Crippen LogP contribution < -0.4 is 0 Å². The average Bonchev–Trinajstić information content (AvgIpc) is 2.99. The molecule has 3 nitrogen and oxygen atoms in total. The van der Waals surface area contributed by atoms with Gasteiger partial charge in [0, 0.05) is 17.3 Å². The van der Waals surface area contributed by atoms with Crippen LogP contribution >= 0.6 is 10.3 Å². The van der Waals surface area contributed by atoms with Gasteiger partial charge in [0.2, 0.25) is 0 Å². The Balaban J connectivity index is 7.08. The average molecular weight is 829 g/mol. The summed E-state index contributed by atoms with van der Waals surface area (Å²) in [6.45, 7) is 5.45. The lowest BCUT2D eigenvalue weighted by Gasteiger charge is -2.43. The summed E-state index contributed by atoms with van der Waals surface area (Å²) in [6.07, 6.45) is -1.20. The predicted octanol–water partition coefficient (Wildman–Crippen LogP) is 12.9. The van der Waals surface area contributed by atoms with Crippen LogP contribution in [0, 0.1) is 0 Å². The topological polar surface area (TPSA) is 43.4 Å². The van der Waals surface area contributed by atoms with Crippen LogP contribution in [-0.2, 0) is 13.7 Å². The van der Waals surface area contributed by atoms with Crippen LogP contribution in [0.25, 0.3) is 0 Å². The van der Waals surface area contributed by atoms with Crippen molar-refractivity contribution >= 4 is 20.4 Å². The molecule has 0 bridgehead atoms. The maximum absolute atomic E-state index is 15.1. The van der Waals surface area contributed by atoms with Crippen LogP contribution in [0.3, 0.4) is 0 Å². The molecule has 0 aromatic carbocycles. The number of hydrogen-bond acceptors (Lipinski definition) is 3. The van der Waals surface area contributed by atoms with E-state index in [1.807, 2.05) is 20.8 Å². The van der Waals surface area contributed by atoms with Crippen molar-refractivity contribution in [3.05, 3.63) is 0 Å². The first kappa shape index (κ1) is 50.1. The second-order valence-corrected chi connectivity index (χ2v) is 17.4. The first-order chi connectivity index (χ1) is 22.9. The number of halogens is 17. The molecular weight excluding hydrogens is 783 g/mol. The second kappa shape index (κ2) is 18.6. The van der Waals surface area contributed by atoms with Gasteiger partial charge in [-0.25, -0.2) is 3.63 Å². The molecule has 0 aliphatic rings. The summed E-state index contributed by atoms with van der Waals surface area (Å²) >= 11 is 0. The third kappa shape index (κ3) is 10.6. The molecule has 22 heteroatoms. The maximum atomic E-state index is 15.1. The molecule has 0 fully saturated rings. The van der Waals surface area contributed by atoms with E-state index in [1.165, 1.54) is 0 Å². The molecule has 310 valence electrons. The van der Waals surface area contributed by atoms with Crippen molar-refractivity contribution < 1.29 is 86.7 Å². The molecule has 0 aromatic heterocycles. The van der Waals surface area contributed by atoms with Crippen molar-refractivity contribution in [3.63, 3.8) is 0 Å². The Morgan fingerprint density at radius 3 is 0.902 bits per heavy atom. The standard InChI is InChI=1S/C29H45F17O3S2/c1-4-7-10-13-16-19-50(20-17-14-11-8-5-2,21-18-15-12-9-6-3)49-51(47,48)29(45,46)27(40,41)25(36,37)23(32,33)22(30,31)24(34,35)26(38,39)28(42,43)44/h4-21H2,1-3H3. The normalized spacial score (nSPS) is 15.5. The fraction of sp³-hybridized carbons (Fsp3) is 1.00. The minimum atomic E-state index is -8.87. The summed E-state index contributed by atoms with van der Waals surface area (Å²) in [6, 6.07) is 0. The largest absolute Gasteiger partial charge is 0.460 e. The number of unbranched alkanes of at least 4 members (excludes halogenated alkanes) is 12. The fourth-order valence-corrected chi connectivity index (χ4v) is 10.8. The van der Waals surface area contributed by atoms with E-state index < -0.39 is 84.7 Å². The molecule has 0 amide bonds. The van der Waals surface area contributed by atoms with Crippen LogP contribution in [-0.4, -0.2) is 72.6 Å². The summed E-state index contributed by atoms with van der Waals surface area (Å²) in [5.74, 6) is -53.0. The molecule has 0 rings (SSSR count). The summed E-state index contributed by atoms with van der Waals surface area (Å²) in [5.41, 5.74) is 0. The van der Waals surface area contributed by atoms with E-state index in [-0.39, 0.29) is 19.3 Å². The molecule has 0 aliphatic heterocycles. The second-order valence-electron chi connectivity index (χ2n) is 12.3. The minimum Gasteiger partial charge on any atom is -0.215 e. The van der Waals surface area contributed by atoms with Gasteiger partial charge in [0.1, 0.15) is 0 Å². The van der Waals surface area contributed by atoms with Gasteiger partial charge in [-0.2, -0.15) is 83.1 Å². The Morgan fingerprint density at radius 2 is 0.627 bits per heavy atom. The Hall–Kier alpha value is -0.930. The quantitative estimate of drug-likeness (QED) is 0.0612. The Morgan fingerprint density at radius 1 is 0.373 bits per heavy atom. The van der Waals surface area contributed by atoms with Gasteiger partial charge < -0.3 is 0 Å². The highest BCUT2D eigenvalue weighted by molar-refractivity contribution is 8.33. The molecular formula is C29H45F17O3S2. The Kier molecular flexibility index (Phi) is 18.3. The summed E-state index contributed by atoms with van der Waals surface area (Å²) < 4.78 is 266. The van der Waals surface area contributed by atoms with E-state index in [0.717, 1.165) is 0 Å². The van der Waals surface area contributed by atoms with E-state index in [9.17, 15) is 74.3 Å². The van der Waals surface area contributed by atoms with Crippen molar-refractivity contribution in [3.8, 4) is 0 Å². The van der Waals surface area contributed by atoms with Gasteiger partial charge in [-0.05, 0) is 19.3 Å². The van der Waals surface area contributed by atoms with Gasteiger partial charge in [0.15, 0.2) is 0 Å². The summed E-state index contributed by atoms with van der Waals surface area (Å²) in [7, 11) is -11.2. The molecule has 0 saturated carbocycles. The van der Waals surface area contributed by atoms with E-state index >= 15 is 8.78 Å². The van der Waals surface area contributed by atoms with Gasteiger partial charge in [0.25, 0.3) is 0 Å². The third-order valence-electron chi connectivity index (χ3n) is 8.10. The van der Waals surface area contributed by atoms with Crippen molar-refractivity contribution in [2.24, 2.45) is 0 Å². The zero-order chi connectivity index (χ0) is 40.4. The number of alkyl halides is 17. The third-order valence-corrected chi connectivity index (χ3v) is 14.0. The van der Waals surface area contributed by atoms with Crippen LogP contribution in [0.5, 0.6) is 0 Å². The van der Waals surface area contributed by atoms with Gasteiger partial charge in [-0.15, -0.1) is 10.3 Å². The van der Waals surface area contributed by atoms with Gasteiger partial charge >= 0.3 is 57.1 Å². The molecule has 0 N–H and O–H groups in total. The van der Waals surface area contributed by atoms with Crippen molar-refractivity contribution in [1.82, 2.24) is 0 Å². The summed E-state index contributed by atoms with van der Waals surface area (Å²) in [4.78, 5) is 0. The van der Waals surface area contributed by atoms with Crippen LogP contribution in [0.1, 0.15) is 117 Å². The molecule has 0 heterocycles. The molecule has 0 aromatic rings. The lowest BCUT2D eigenvalue weighted by molar-refractivity contribution is -0.458. The molecule has 0 unspecified atom stereocenters. The van der Waals surface area contributed by atoms with Crippen LogP contribution in [0.4, 0.5) is 74.6 Å². The van der Waals surface area contributed by atoms with E-state index in [4.69, 9.17) is 0 Å². The first-order valence-electron chi connectivity index (χ1n) is 16.3. The maximum Gasteiger partial charge on any atom is 0.460 e. The highest BCUT2D eigenvalue weighted by Gasteiger charge is 2.96. The van der Waals surface area contributed by atoms with E-state index in [0.29, 0.717) is 77.0 Å². The highest BCUT2D eigenvalue weighted by atomic mass is 32.3. The molecule has 51 heavy (non-hydrogen) atoms. The Labute approximate surface area is 288 Å². The first-order valence-corrected chi connectivity index (χ1v) is 19.8. The monoisotopic (exact) mass is 828 g/mol. The van der Waals surface area contributed by atoms with Crippen LogP contribution in [0.15, 0.2) is 0 Å². The molecule has 0 atom stereocenters. The van der Waals surface area contributed by atoms with Crippen molar-refractivity contribution in [1.29, 1.82) is 0 Å². The van der Waals surface area contributed by atoms with Crippen molar-refractivity contribution in [2.75, 3.05) is 17.3 Å². The highest BCUT2D eigenvalue weighted by Crippen LogP contribution is 2.65. The van der Waals surface area contributed by atoms with Crippen molar-refractivity contribution in [2.45, 2.75) is 164 Å².